The zero-order valence-corrected chi connectivity index (χ0v) is 20.0. The number of ether oxygens (including phenoxy) is 3. The number of anilines is 1. The largest absolute Gasteiger partial charge is 0.493 e. The maximum atomic E-state index is 13.1. The van der Waals surface area contributed by atoms with Gasteiger partial charge >= 0.3 is 0 Å². The Morgan fingerprint density at radius 3 is 2.26 bits per heavy atom. The summed E-state index contributed by atoms with van der Waals surface area (Å²) in [6.07, 6.45) is 1.31. The van der Waals surface area contributed by atoms with Gasteiger partial charge in [0.25, 0.3) is 0 Å². The fraction of sp³-hybridized carbons (Fsp3) is 0.480. The third-order valence-electron chi connectivity index (χ3n) is 6.15. The Morgan fingerprint density at radius 1 is 0.971 bits per heavy atom. The number of benzene rings is 1. The SMILES string of the molecule is COc1cc2c(c(OC)c1OC)-c1ccc(NCCO)c(=O)cc1[C@@H](N(CCO)CCO)CC2. The van der Waals surface area contributed by atoms with Gasteiger partial charge in [0.1, 0.15) is 0 Å². The van der Waals surface area contributed by atoms with Crippen molar-refractivity contribution >= 4 is 5.69 Å². The van der Waals surface area contributed by atoms with Gasteiger partial charge in [-0.2, -0.15) is 0 Å². The maximum absolute atomic E-state index is 13.1. The molecule has 0 amide bonds. The summed E-state index contributed by atoms with van der Waals surface area (Å²) in [6, 6.07) is 6.89. The van der Waals surface area contributed by atoms with Gasteiger partial charge in [0.05, 0.1) is 46.8 Å². The molecule has 1 atom stereocenters. The molecule has 0 saturated heterocycles. The number of methoxy groups -OCH3 is 3. The Bertz CT molecular complexity index is 1040. The molecule has 0 bridgehead atoms. The molecule has 1 aliphatic rings. The fourth-order valence-electron chi connectivity index (χ4n) is 4.69. The van der Waals surface area contributed by atoms with Gasteiger partial charge in [-0.15, -0.1) is 0 Å². The summed E-state index contributed by atoms with van der Waals surface area (Å²) in [4.78, 5) is 15.1. The molecule has 9 heteroatoms. The van der Waals surface area contributed by atoms with Crippen LogP contribution in [0.3, 0.4) is 0 Å². The number of nitrogens with one attached hydrogen (secondary N) is 1. The van der Waals surface area contributed by atoms with Crippen LogP contribution in [0.1, 0.15) is 23.6 Å². The number of aryl methyl sites for hydroxylation is 1. The predicted octanol–water partition coefficient (Wildman–Crippen LogP) is 1.42. The molecule has 0 aliphatic heterocycles. The zero-order valence-electron chi connectivity index (χ0n) is 20.0. The maximum Gasteiger partial charge on any atom is 0.203 e. The van der Waals surface area contributed by atoms with Crippen molar-refractivity contribution in [2.45, 2.75) is 18.9 Å². The van der Waals surface area contributed by atoms with E-state index in [1.807, 2.05) is 17.0 Å². The van der Waals surface area contributed by atoms with Gasteiger partial charge in [-0.25, -0.2) is 0 Å². The molecule has 0 fully saturated rings. The molecule has 9 nitrogen and oxygen atoms in total. The minimum absolute atomic E-state index is 0.0732. The summed E-state index contributed by atoms with van der Waals surface area (Å²) >= 11 is 0. The van der Waals surface area contributed by atoms with E-state index in [9.17, 15) is 20.1 Å². The van der Waals surface area contributed by atoms with Gasteiger partial charge in [0, 0.05) is 31.2 Å². The molecule has 1 aliphatic carbocycles. The number of hydrogen-bond donors (Lipinski definition) is 4. The molecule has 34 heavy (non-hydrogen) atoms. The molecule has 3 rings (SSSR count). The molecule has 2 aromatic rings. The van der Waals surface area contributed by atoms with E-state index in [-0.39, 0.29) is 37.8 Å². The summed E-state index contributed by atoms with van der Waals surface area (Å²) < 4.78 is 17.0. The number of aliphatic hydroxyl groups is 3. The lowest BCUT2D eigenvalue weighted by Gasteiger charge is -2.31. The fourth-order valence-corrected chi connectivity index (χ4v) is 4.69. The van der Waals surface area contributed by atoms with Gasteiger partial charge in [-0.05, 0) is 47.7 Å². The molecule has 4 N–H and O–H groups in total. The van der Waals surface area contributed by atoms with Gasteiger partial charge in [-0.3, -0.25) is 9.69 Å². The minimum Gasteiger partial charge on any atom is -0.493 e. The first-order valence-electron chi connectivity index (χ1n) is 11.3. The number of nitrogens with zero attached hydrogens (tertiary/aromatic N) is 1. The van der Waals surface area contributed by atoms with E-state index in [0.29, 0.717) is 48.9 Å². The molecule has 0 aromatic heterocycles. The Labute approximate surface area is 199 Å². The first-order chi connectivity index (χ1) is 16.5. The zero-order chi connectivity index (χ0) is 24.7. The van der Waals surface area contributed by atoms with Crippen molar-refractivity contribution in [1.82, 2.24) is 4.90 Å². The van der Waals surface area contributed by atoms with Crippen LogP contribution in [0.25, 0.3) is 11.1 Å². The summed E-state index contributed by atoms with van der Waals surface area (Å²) in [7, 11) is 4.69. The summed E-state index contributed by atoms with van der Waals surface area (Å²) in [5.41, 5.74) is 3.52. The monoisotopic (exact) mass is 474 g/mol. The average Bonchev–Trinajstić information content (AvgIpc) is 3.09. The second-order valence-corrected chi connectivity index (χ2v) is 7.99. The molecule has 0 unspecified atom stereocenters. The van der Waals surface area contributed by atoms with Gasteiger partial charge in [0.15, 0.2) is 11.5 Å². The van der Waals surface area contributed by atoms with Crippen molar-refractivity contribution in [2.75, 3.05) is 66.1 Å². The third-order valence-corrected chi connectivity index (χ3v) is 6.15. The average molecular weight is 475 g/mol. The second-order valence-electron chi connectivity index (χ2n) is 7.99. The van der Waals surface area contributed by atoms with Crippen LogP contribution < -0.4 is 25.0 Å². The molecule has 186 valence electrons. The quantitative estimate of drug-likeness (QED) is 0.383. The van der Waals surface area contributed by atoms with Gasteiger partial charge < -0.3 is 34.8 Å². The number of rotatable bonds is 11. The lowest BCUT2D eigenvalue weighted by Crippen LogP contribution is -2.34. The van der Waals surface area contributed by atoms with E-state index in [4.69, 9.17) is 14.2 Å². The second kappa shape index (κ2) is 12.0. The van der Waals surface area contributed by atoms with Crippen LogP contribution in [-0.4, -0.2) is 81.0 Å². The first kappa shape index (κ1) is 25.8. The molecule has 0 heterocycles. The molecule has 0 saturated carbocycles. The summed E-state index contributed by atoms with van der Waals surface area (Å²) in [5, 5.41) is 31.5. The number of hydrogen-bond acceptors (Lipinski definition) is 9. The van der Waals surface area contributed by atoms with Gasteiger partial charge in [-0.1, -0.05) is 6.07 Å². The van der Waals surface area contributed by atoms with Crippen LogP contribution in [0.2, 0.25) is 0 Å². The van der Waals surface area contributed by atoms with E-state index < -0.39 is 0 Å². The highest BCUT2D eigenvalue weighted by Gasteiger charge is 2.31. The number of aliphatic hydroxyl groups excluding tert-OH is 3. The Kier molecular flexibility index (Phi) is 9.12. The van der Waals surface area contributed by atoms with E-state index in [2.05, 4.69) is 5.32 Å². The van der Waals surface area contributed by atoms with Crippen molar-refractivity contribution < 1.29 is 29.5 Å². The number of fused-ring (bicyclic) bond motifs is 3. The smallest absolute Gasteiger partial charge is 0.203 e. The van der Waals surface area contributed by atoms with Crippen molar-refractivity contribution in [3.05, 3.63) is 45.6 Å². The van der Waals surface area contributed by atoms with Crippen LogP contribution in [0.4, 0.5) is 5.69 Å². The van der Waals surface area contributed by atoms with Crippen molar-refractivity contribution in [1.29, 1.82) is 0 Å². The van der Waals surface area contributed by atoms with E-state index in [1.165, 1.54) is 0 Å². The van der Waals surface area contributed by atoms with Crippen molar-refractivity contribution in [3.8, 4) is 28.4 Å². The Morgan fingerprint density at radius 2 is 1.68 bits per heavy atom. The van der Waals surface area contributed by atoms with Crippen molar-refractivity contribution in [3.63, 3.8) is 0 Å². The molecule has 0 spiro atoms. The minimum atomic E-state index is -0.228. The highest BCUT2D eigenvalue weighted by Crippen LogP contribution is 2.50. The van der Waals surface area contributed by atoms with Crippen LogP contribution in [0.5, 0.6) is 17.2 Å². The van der Waals surface area contributed by atoms with E-state index >= 15 is 0 Å². The van der Waals surface area contributed by atoms with Crippen LogP contribution in [0, 0.1) is 0 Å². The van der Waals surface area contributed by atoms with E-state index in [0.717, 1.165) is 22.3 Å². The predicted molar refractivity (Wildman–Crippen MR) is 130 cm³/mol. The lowest BCUT2D eigenvalue weighted by molar-refractivity contribution is 0.117. The molecular formula is C25H34N2O7. The molecular weight excluding hydrogens is 440 g/mol. The Hall–Kier alpha value is -2.85. The highest BCUT2D eigenvalue weighted by molar-refractivity contribution is 5.83. The lowest BCUT2D eigenvalue weighted by atomic mass is 9.95. The molecule has 2 aromatic carbocycles. The third kappa shape index (κ3) is 5.12. The normalized spacial score (nSPS) is 14.7. The van der Waals surface area contributed by atoms with Crippen molar-refractivity contribution in [2.24, 2.45) is 0 Å². The van der Waals surface area contributed by atoms with Crippen LogP contribution in [0.15, 0.2) is 29.1 Å². The standard InChI is InChI=1S/C25H34N2O7/c1-32-22-14-16-4-7-20(27(9-12-29)10-13-30)18-15-21(31)19(26-8-11-28)6-5-17(18)23(16)25(34-3)24(22)33-2/h5-6,14-15,20,28-30H,4,7-13H2,1-3H3,(H,26,31)/t20-/m0/s1. The van der Waals surface area contributed by atoms with E-state index in [1.54, 1.807) is 33.5 Å². The molecule has 0 radical (unpaired) electrons. The topological polar surface area (TPSA) is 121 Å². The summed E-state index contributed by atoms with van der Waals surface area (Å²) in [6.45, 7) is 0.709. The van der Waals surface area contributed by atoms with Crippen LogP contribution in [-0.2, 0) is 6.42 Å². The highest BCUT2D eigenvalue weighted by atomic mass is 16.5. The summed E-state index contributed by atoms with van der Waals surface area (Å²) in [5.74, 6) is 1.53. The van der Waals surface area contributed by atoms with Gasteiger partial charge in [0.2, 0.25) is 11.2 Å². The first-order valence-corrected chi connectivity index (χ1v) is 11.3. The van der Waals surface area contributed by atoms with Crippen LogP contribution >= 0.6 is 0 Å². The Balaban J connectivity index is 2.35.